The minimum Gasteiger partial charge on any atom is -0.452 e. The Morgan fingerprint density at radius 3 is 2.59 bits per heavy atom. The van der Waals surface area contributed by atoms with Gasteiger partial charge < -0.3 is 10.1 Å². The van der Waals surface area contributed by atoms with Gasteiger partial charge in [0.25, 0.3) is 5.91 Å². The Morgan fingerprint density at radius 2 is 1.93 bits per heavy atom. The maximum absolute atomic E-state index is 13.6. The summed E-state index contributed by atoms with van der Waals surface area (Å²) in [6.45, 7) is 5.51. The van der Waals surface area contributed by atoms with Gasteiger partial charge in [-0.05, 0) is 42.2 Å². The molecule has 0 aliphatic heterocycles. The normalized spacial score (nSPS) is 11.0. The number of esters is 1. The number of carbonyl (C=O) groups is 2. The number of halogens is 2. The molecule has 0 aromatic heterocycles. The van der Waals surface area contributed by atoms with E-state index in [-0.39, 0.29) is 16.5 Å². The number of amides is 1. The highest BCUT2D eigenvalue weighted by atomic mass is 35.5. The SMILES string of the molecule is Cc1cccc(C(C)C)c1NC(=O)COC(=O)/C=C/c1c(F)cccc1Cl. The molecule has 0 bridgehead atoms. The van der Waals surface area contributed by atoms with E-state index in [0.717, 1.165) is 22.9 Å². The highest BCUT2D eigenvalue weighted by Crippen LogP contribution is 2.27. The molecule has 1 amide bonds. The molecule has 2 rings (SSSR count). The Bertz CT molecular complexity index is 857. The van der Waals surface area contributed by atoms with Crippen molar-refractivity contribution >= 4 is 35.2 Å². The lowest BCUT2D eigenvalue weighted by Gasteiger charge is -2.16. The van der Waals surface area contributed by atoms with E-state index in [4.69, 9.17) is 16.3 Å². The van der Waals surface area contributed by atoms with Crippen molar-refractivity contribution in [2.24, 2.45) is 0 Å². The van der Waals surface area contributed by atoms with Gasteiger partial charge in [-0.3, -0.25) is 4.79 Å². The molecule has 2 aromatic carbocycles. The average Bonchev–Trinajstić information content (AvgIpc) is 2.61. The third-order valence-electron chi connectivity index (χ3n) is 3.92. The number of aryl methyl sites for hydroxylation is 1. The number of benzene rings is 2. The second-order valence-electron chi connectivity index (χ2n) is 6.32. The van der Waals surface area contributed by atoms with Crippen molar-refractivity contribution in [2.45, 2.75) is 26.7 Å². The molecule has 0 aliphatic rings. The second kappa shape index (κ2) is 9.33. The van der Waals surface area contributed by atoms with Crippen LogP contribution in [-0.4, -0.2) is 18.5 Å². The van der Waals surface area contributed by atoms with Gasteiger partial charge in [0.15, 0.2) is 6.61 Å². The molecule has 0 saturated heterocycles. The van der Waals surface area contributed by atoms with Crippen LogP contribution in [0.2, 0.25) is 5.02 Å². The predicted octanol–water partition coefficient (Wildman–Crippen LogP) is 5.11. The van der Waals surface area contributed by atoms with Crippen LogP contribution in [0.5, 0.6) is 0 Å². The van der Waals surface area contributed by atoms with Crippen molar-refractivity contribution in [1.29, 1.82) is 0 Å². The minimum atomic E-state index is -0.765. The van der Waals surface area contributed by atoms with Gasteiger partial charge in [-0.15, -0.1) is 0 Å². The van der Waals surface area contributed by atoms with Crippen molar-refractivity contribution in [3.05, 3.63) is 70.0 Å². The fourth-order valence-corrected chi connectivity index (χ4v) is 2.75. The van der Waals surface area contributed by atoms with E-state index in [1.165, 1.54) is 24.3 Å². The molecule has 27 heavy (non-hydrogen) atoms. The summed E-state index contributed by atoms with van der Waals surface area (Å²) in [5, 5.41) is 2.96. The fraction of sp³-hybridized carbons (Fsp3) is 0.238. The third kappa shape index (κ3) is 5.66. The zero-order valence-corrected chi connectivity index (χ0v) is 16.1. The Kier molecular flexibility index (Phi) is 7.13. The molecule has 2 aromatic rings. The molecule has 0 radical (unpaired) electrons. The quantitative estimate of drug-likeness (QED) is 0.552. The molecule has 0 atom stereocenters. The largest absolute Gasteiger partial charge is 0.452 e. The lowest BCUT2D eigenvalue weighted by Crippen LogP contribution is -2.21. The number of carbonyl (C=O) groups excluding carboxylic acids is 2. The third-order valence-corrected chi connectivity index (χ3v) is 4.25. The van der Waals surface area contributed by atoms with Gasteiger partial charge in [0.1, 0.15) is 5.82 Å². The minimum absolute atomic E-state index is 0.0852. The lowest BCUT2D eigenvalue weighted by molar-refractivity contribution is -0.142. The van der Waals surface area contributed by atoms with Crippen LogP contribution in [0.25, 0.3) is 6.08 Å². The zero-order chi connectivity index (χ0) is 20.0. The highest BCUT2D eigenvalue weighted by molar-refractivity contribution is 6.32. The summed E-state index contributed by atoms with van der Waals surface area (Å²) >= 11 is 5.88. The van der Waals surface area contributed by atoms with Crippen LogP contribution < -0.4 is 5.32 Å². The Balaban J connectivity index is 1.96. The van der Waals surface area contributed by atoms with E-state index in [2.05, 4.69) is 5.32 Å². The summed E-state index contributed by atoms with van der Waals surface area (Å²) in [5.41, 5.74) is 2.74. The summed E-state index contributed by atoms with van der Waals surface area (Å²) < 4.78 is 18.6. The van der Waals surface area contributed by atoms with Gasteiger partial charge in [-0.2, -0.15) is 0 Å². The van der Waals surface area contributed by atoms with Crippen LogP contribution in [0.1, 0.15) is 36.5 Å². The van der Waals surface area contributed by atoms with E-state index in [9.17, 15) is 14.0 Å². The van der Waals surface area contributed by atoms with Crippen molar-refractivity contribution in [3.8, 4) is 0 Å². The average molecular weight is 390 g/mol. The first kappa shape index (κ1) is 20.6. The molecule has 6 heteroatoms. The molecule has 0 heterocycles. The van der Waals surface area contributed by atoms with Crippen molar-refractivity contribution in [3.63, 3.8) is 0 Å². The second-order valence-corrected chi connectivity index (χ2v) is 6.73. The van der Waals surface area contributed by atoms with Crippen LogP contribution in [0, 0.1) is 12.7 Å². The summed E-state index contributed by atoms with van der Waals surface area (Å²) in [6.07, 6.45) is 2.25. The number of ether oxygens (including phenoxy) is 1. The van der Waals surface area contributed by atoms with Crippen LogP contribution in [-0.2, 0) is 14.3 Å². The van der Waals surface area contributed by atoms with E-state index in [1.807, 2.05) is 39.0 Å². The summed E-state index contributed by atoms with van der Waals surface area (Å²) in [6, 6.07) is 9.98. The summed E-state index contributed by atoms with van der Waals surface area (Å²) in [7, 11) is 0. The molecule has 0 fully saturated rings. The van der Waals surface area contributed by atoms with Crippen LogP contribution in [0.15, 0.2) is 42.5 Å². The van der Waals surface area contributed by atoms with E-state index in [0.29, 0.717) is 0 Å². The number of hydrogen-bond acceptors (Lipinski definition) is 3. The Labute approximate surface area is 163 Å². The summed E-state index contributed by atoms with van der Waals surface area (Å²) in [5.74, 6) is -1.53. The van der Waals surface area contributed by atoms with Gasteiger partial charge in [-0.1, -0.05) is 49.7 Å². The van der Waals surface area contributed by atoms with E-state index in [1.54, 1.807) is 0 Å². The Morgan fingerprint density at radius 1 is 1.22 bits per heavy atom. The standard InChI is InChI=1S/C21H21ClFNO3/c1-13(2)15-7-4-6-14(3)21(15)24-19(25)12-27-20(26)11-10-16-17(22)8-5-9-18(16)23/h4-11,13H,12H2,1-3H3,(H,24,25)/b11-10+. The maximum atomic E-state index is 13.6. The molecular weight excluding hydrogens is 369 g/mol. The number of rotatable bonds is 6. The lowest BCUT2D eigenvalue weighted by atomic mass is 9.98. The first-order chi connectivity index (χ1) is 12.8. The maximum Gasteiger partial charge on any atom is 0.331 e. The van der Waals surface area contributed by atoms with Gasteiger partial charge in [0, 0.05) is 17.3 Å². The topological polar surface area (TPSA) is 55.4 Å². The smallest absolute Gasteiger partial charge is 0.331 e. The number of nitrogens with one attached hydrogen (secondary N) is 1. The number of anilines is 1. The van der Waals surface area contributed by atoms with Gasteiger partial charge in [0.2, 0.25) is 0 Å². The fourth-order valence-electron chi connectivity index (χ4n) is 2.52. The first-order valence-corrected chi connectivity index (χ1v) is 8.85. The zero-order valence-electron chi connectivity index (χ0n) is 15.4. The Hall–Kier alpha value is -2.66. The van der Waals surface area contributed by atoms with Gasteiger partial charge >= 0.3 is 5.97 Å². The van der Waals surface area contributed by atoms with Crippen LogP contribution in [0.3, 0.4) is 0 Å². The number of para-hydroxylation sites is 1. The van der Waals surface area contributed by atoms with Gasteiger partial charge in [-0.25, -0.2) is 9.18 Å². The molecule has 0 aliphatic carbocycles. The molecule has 4 nitrogen and oxygen atoms in total. The van der Waals surface area contributed by atoms with Crippen LogP contribution >= 0.6 is 11.6 Å². The van der Waals surface area contributed by atoms with E-state index < -0.39 is 24.3 Å². The van der Waals surface area contributed by atoms with Crippen LogP contribution in [0.4, 0.5) is 10.1 Å². The predicted molar refractivity (Wildman–Crippen MR) is 105 cm³/mol. The summed E-state index contributed by atoms with van der Waals surface area (Å²) in [4.78, 5) is 23.9. The molecule has 142 valence electrons. The number of hydrogen-bond donors (Lipinski definition) is 1. The first-order valence-electron chi connectivity index (χ1n) is 8.47. The van der Waals surface area contributed by atoms with E-state index >= 15 is 0 Å². The van der Waals surface area contributed by atoms with Gasteiger partial charge in [0.05, 0.1) is 5.02 Å². The molecule has 0 spiro atoms. The van der Waals surface area contributed by atoms with Crippen molar-refractivity contribution < 1.29 is 18.7 Å². The highest BCUT2D eigenvalue weighted by Gasteiger charge is 2.13. The molecule has 0 unspecified atom stereocenters. The molecule has 1 N–H and O–H groups in total. The monoisotopic (exact) mass is 389 g/mol. The van der Waals surface area contributed by atoms with Crippen molar-refractivity contribution in [2.75, 3.05) is 11.9 Å². The van der Waals surface area contributed by atoms with Crippen molar-refractivity contribution in [1.82, 2.24) is 0 Å². The molecule has 0 saturated carbocycles. The molecular formula is C21H21ClFNO3.